The predicted octanol–water partition coefficient (Wildman–Crippen LogP) is 16.3. The number of nitrogens with one attached hydrogen (secondary N) is 1. The molecule has 0 fully saturated rings. The van der Waals surface area contributed by atoms with Gasteiger partial charge < -0.3 is 24.9 Å². The van der Waals surface area contributed by atoms with E-state index in [0.29, 0.717) is 23.9 Å². The maximum Gasteiger partial charge on any atom is 0.472 e. The van der Waals surface area contributed by atoms with Crippen LogP contribution >= 0.6 is 7.82 Å². The minimum Gasteiger partial charge on any atom is -0.390 e. The van der Waals surface area contributed by atoms with Crippen LogP contribution in [0.1, 0.15) is 251 Å². The van der Waals surface area contributed by atoms with E-state index in [1.54, 1.807) is 0 Å². The van der Waals surface area contributed by atoms with Gasteiger partial charge in [0.05, 0.1) is 39.9 Å². The van der Waals surface area contributed by atoms with Crippen LogP contribution in [0.25, 0.3) is 0 Å². The van der Waals surface area contributed by atoms with Crippen LogP contribution in [0, 0.1) is 0 Å². The highest BCUT2D eigenvalue weighted by Gasteiger charge is 2.31. The van der Waals surface area contributed by atoms with Crippen LogP contribution in [0.2, 0.25) is 0 Å². The number of hydrogen-bond donors (Lipinski definition) is 4. The van der Waals surface area contributed by atoms with Crippen molar-refractivity contribution in [2.75, 3.05) is 40.9 Å². The van der Waals surface area contributed by atoms with Crippen LogP contribution in [0.5, 0.6) is 0 Å². The van der Waals surface area contributed by atoms with E-state index in [2.05, 4.69) is 79.9 Å². The SMILES string of the molecule is CCCCC/C=C/CC/C=C/CCCC(O)C(O)C(COP(=O)(O)OCC[N+](C)(C)C)NC(=O)CCCCCCCCCCCCCCCCCCCC/C=C\C/C=C\C/C=C\CCCCCCC. The van der Waals surface area contributed by atoms with Gasteiger partial charge in [-0.3, -0.25) is 13.8 Å². The number of aliphatic hydroxyl groups excluding tert-OH is 2. The standard InChI is InChI=1S/C59H111N2O7P/c1-6-8-10-12-14-16-18-20-21-22-23-24-25-26-27-28-29-30-31-32-33-34-35-36-37-38-39-40-42-44-46-48-50-52-58(63)60-56(55-68-69(65,66)67-54-53-61(3,4)5)59(64)57(62)51-49-47-45-43-41-19-17-15-13-11-9-7-2/h15,17-18,20,22-23,25-26,43,45,56-57,59,62,64H,6-14,16,19,21,24,27-42,44,46-55H2,1-5H3,(H-,60,63,65,66)/p+1/b17-15+,20-18-,23-22-,26-25-,45-43+. The van der Waals surface area contributed by atoms with Gasteiger partial charge in [0.1, 0.15) is 19.3 Å². The fraction of sp³-hybridized carbons (Fsp3) is 0.814. The molecular formula is C59H112N2O7P+. The maximum absolute atomic E-state index is 13.0. The predicted molar refractivity (Wildman–Crippen MR) is 296 cm³/mol. The number of quaternary nitrogens is 1. The second kappa shape index (κ2) is 49.7. The summed E-state index contributed by atoms with van der Waals surface area (Å²) in [7, 11) is 1.41. The number of likely N-dealkylation sites (N-methyl/N-ethyl adjacent to an activating group) is 1. The number of carbonyl (C=O) groups is 1. The molecule has 0 bridgehead atoms. The average Bonchev–Trinajstić information content (AvgIpc) is 3.31. The Hall–Kier alpha value is -1.84. The van der Waals surface area contributed by atoms with Gasteiger partial charge >= 0.3 is 7.82 Å². The largest absolute Gasteiger partial charge is 0.472 e. The first-order chi connectivity index (χ1) is 33.4. The highest BCUT2D eigenvalue weighted by molar-refractivity contribution is 7.47. The lowest BCUT2D eigenvalue weighted by atomic mass is 10.0. The molecule has 0 radical (unpaired) electrons. The topological polar surface area (TPSA) is 125 Å². The van der Waals surface area contributed by atoms with Crippen molar-refractivity contribution in [3.05, 3.63) is 60.8 Å². The van der Waals surface area contributed by atoms with Gasteiger partial charge in [0.15, 0.2) is 0 Å². The van der Waals surface area contributed by atoms with Gasteiger partial charge in [-0.2, -0.15) is 0 Å². The highest BCUT2D eigenvalue weighted by atomic mass is 31.2. The van der Waals surface area contributed by atoms with Crippen molar-refractivity contribution in [1.82, 2.24) is 5.32 Å². The lowest BCUT2D eigenvalue weighted by molar-refractivity contribution is -0.870. The number of nitrogens with zero attached hydrogens (tertiary/aromatic N) is 1. The fourth-order valence-electron chi connectivity index (χ4n) is 8.23. The van der Waals surface area contributed by atoms with Gasteiger partial charge in [0.25, 0.3) is 0 Å². The zero-order valence-electron chi connectivity index (χ0n) is 45.7. The van der Waals surface area contributed by atoms with Crippen molar-refractivity contribution in [2.24, 2.45) is 0 Å². The second-order valence-electron chi connectivity index (χ2n) is 20.8. The van der Waals surface area contributed by atoms with Crippen molar-refractivity contribution in [3.8, 4) is 0 Å². The number of carbonyl (C=O) groups excluding carboxylic acids is 1. The molecule has 1 amide bonds. The summed E-state index contributed by atoms with van der Waals surface area (Å²) in [6.07, 6.45) is 63.2. The molecule has 0 rings (SSSR count). The third kappa shape index (κ3) is 50.9. The Bertz CT molecular complexity index is 1330. The third-order valence-electron chi connectivity index (χ3n) is 12.8. The number of phosphoric ester groups is 1. The number of amides is 1. The van der Waals surface area contributed by atoms with Gasteiger partial charge in [0, 0.05) is 6.42 Å². The Morgan fingerprint density at radius 2 is 0.870 bits per heavy atom. The molecule has 0 saturated heterocycles. The molecule has 0 aromatic heterocycles. The summed E-state index contributed by atoms with van der Waals surface area (Å²) in [5.74, 6) is -0.272. The molecule has 0 aliphatic carbocycles. The molecule has 4 N–H and O–H groups in total. The van der Waals surface area contributed by atoms with Crippen molar-refractivity contribution in [2.45, 2.75) is 270 Å². The summed E-state index contributed by atoms with van der Waals surface area (Å²) in [4.78, 5) is 23.3. The Balaban J connectivity index is 4.11. The molecule has 0 aromatic rings. The van der Waals surface area contributed by atoms with Crippen molar-refractivity contribution < 1.29 is 38.0 Å². The molecule has 404 valence electrons. The summed E-state index contributed by atoms with van der Waals surface area (Å²) in [5, 5.41) is 24.7. The average molecular weight is 993 g/mol. The number of unbranched alkanes of at least 4 members (excludes halogenated alkanes) is 28. The molecule has 10 heteroatoms. The molecule has 4 atom stereocenters. The summed E-state index contributed by atoms with van der Waals surface area (Å²) >= 11 is 0. The van der Waals surface area contributed by atoms with Crippen LogP contribution in [-0.4, -0.2) is 84.6 Å². The van der Waals surface area contributed by atoms with Crippen LogP contribution in [0.3, 0.4) is 0 Å². The summed E-state index contributed by atoms with van der Waals surface area (Å²) < 4.78 is 23.6. The number of aliphatic hydroxyl groups is 2. The van der Waals surface area contributed by atoms with Gasteiger partial charge in [-0.05, 0) is 89.9 Å². The quantitative estimate of drug-likeness (QED) is 0.0207. The molecule has 0 spiro atoms. The minimum absolute atomic E-state index is 0.0130. The first-order valence-corrected chi connectivity index (χ1v) is 30.2. The summed E-state index contributed by atoms with van der Waals surface area (Å²) in [5.41, 5.74) is 0. The van der Waals surface area contributed by atoms with E-state index in [9.17, 15) is 24.5 Å². The van der Waals surface area contributed by atoms with Crippen LogP contribution < -0.4 is 5.32 Å². The van der Waals surface area contributed by atoms with Crippen LogP contribution in [0.15, 0.2) is 60.8 Å². The molecule has 0 aromatic carbocycles. The lowest BCUT2D eigenvalue weighted by Crippen LogP contribution is -2.51. The molecule has 69 heavy (non-hydrogen) atoms. The van der Waals surface area contributed by atoms with Gasteiger partial charge in [-0.15, -0.1) is 0 Å². The van der Waals surface area contributed by atoms with Crippen molar-refractivity contribution >= 4 is 13.7 Å². The molecule has 0 saturated carbocycles. The maximum atomic E-state index is 13.0. The number of phosphoric acid groups is 1. The monoisotopic (exact) mass is 992 g/mol. The van der Waals surface area contributed by atoms with Crippen molar-refractivity contribution in [1.29, 1.82) is 0 Å². The second-order valence-corrected chi connectivity index (χ2v) is 22.2. The summed E-state index contributed by atoms with van der Waals surface area (Å²) in [6.45, 7) is 4.54. The van der Waals surface area contributed by atoms with E-state index in [1.165, 1.54) is 161 Å². The normalized spacial score (nSPS) is 14.8. The number of rotatable bonds is 52. The molecule has 9 nitrogen and oxygen atoms in total. The Labute approximate surface area is 426 Å². The smallest absolute Gasteiger partial charge is 0.390 e. The van der Waals surface area contributed by atoms with Gasteiger partial charge in [-0.1, -0.05) is 216 Å². The van der Waals surface area contributed by atoms with Crippen LogP contribution in [0.4, 0.5) is 0 Å². The van der Waals surface area contributed by atoms with E-state index in [1.807, 2.05) is 21.1 Å². The lowest BCUT2D eigenvalue weighted by Gasteiger charge is -2.28. The van der Waals surface area contributed by atoms with E-state index < -0.39 is 32.7 Å². The zero-order valence-corrected chi connectivity index (χ0v) is 46.6. The van der Waals surface area contributed by atoms with Crippen LogP contribution in [-0.2, 0) is 18.4 Å². The van der Waals surface area contributed by atoms with Crippen molar-refractivity contribution in [3.63, 3.8) is 0 Å². The summed E-state index contributed by atoms with van der Waals surface area (Å²) in [6, 6.07) is -1.06. The Morgan fingerprint density at radius 3 is 1.33 bits per heavy atom. The fourth-order valence-corrected chi connectivity index (χ4v) is 8.96. The molecule has 4 unspecified atom stereocenters. The minimum atomic E-state index is -4.43. The molecular weight excluding hydrogens is 880 g/mol. The van der Waals surface area contributed by atoms with E-state index in [4.69, 9.17) is 9.05 Å². The number of allylic oxidation sites excluding steroid dienone is 10. The van der Waals surface area contributed by atoms with E-state index in [-0.39, 0.29) is 18.9 Å². The first-order valence-electron chi connectivity index (χ1n) is 28.7. The molecule has 0 aliphatic rings. The highest BCUT2D eigenvalue weighted by Crippen LogP contribution is 2.43. The third-order valence-corrected chi connectivity index (χ3v) is 13.8. The Morgan fingerprint density at radius 1 is 0.507 bits per heavy atom. The van der Waals surface area contributed by atoms with Gasteiger partial charge in [0.2, 0.25) is 5.91 Å². The van der Waals surface area contributed by atoms with E-state index >= 15 is 0 Å². The Kier molecular flexibility index (Phi) is 48.4. The van der Waals surface area contributed by atoms with E-state index in [0.717, 1.165) is 57.8 Å². The van der Waals surface area contributed by atoms with Gasteiger partial charge in [-0.25, -0.2) is 4.57 Å². The molecule has 0 heterocycles. The zero-order chi connectivity index (χ0) is 50.8. The number of hydrogen-bond acceptors (Lipinski definition) is 6. The molecule has 0 aliphatic heterocycles. The first kappa shape index (κ1) is 67.2.